The zero-order chi connectivity index (χ0) is 15.2. The highest BCUT2D eigenvalue weighted by Crippen LogP contribution is 2.29. The third kappa shape index (κ3) is 3.49. The molecule has 1 aromatic heterocycles. The number of benzene rings is 1. The van der Waals surface area contributed by atoms with Crippen molar-refractivity contribution < 1.29 is 14.6 Å². The molecule has 0 aliphatic rings. The van der Waals surface area contributed by atoms with E-state index < -0.39 is 0 Å². The maximum atomic E-state index is 11.6. The molecule has 112 valence electrons. The molecule has 0 bridgehead atoms. The quantitative estimate of drug-likeness (QED) is 0.629. The number of carbonyl (C=O) groups excluding carboxylic acids is 1. The molecule has 0 fully saturated rings. The van der Waals surface area contributed by atoms with Gasteiger partial charge in [0.15, 0.2) is 0 Å². The number of rotatable bonds is 6. The molecule has 0 radical (unpaired) electrons. The number of hydrogen-bond donors (Lipinski definition) is 2. The number of hydrogen-bond acceptors (Lipinski definition) is 5. The topological polar surface area (TPSA) is 71.5 Å². The SMILES string of the molecule is COC(=O)Cc1c(C)nc2ccccc2c1NCCCO. The van der Waals surface area contributed by atoms with E-state index in [0.29, 0.717) is 13.0 Å². The number of ether oxygens (including phenoxy) is 1. The molecule has 2 N–H and O–H groups in total. The summed E-state index contributed by atoms with van der Waals surface area (Å²) in [5.74, 6) is -0.291. The number of aryl methyl sites for hydroxylation is 1. The molecular formula is C16H20N2O3. The lowest BCUT2D eigenvalue weighted by molar-refractivity contribution is -0.139. The number of aliphatic hydroxyl groups excluding tert-OH is 1. The number of aromatic nitrogens is 1. The highest BCUT2D eigenvalue weighted by Gasteiger charge is 2.15. The van der Waals surface area contributed by atoms with Gasteiger partial charge in [-0.2, -0.15) is 0 Å². The minimum absolute atomic E-state index is 0.126. The molecule has 0 aliphatic carbocycles. The predicted octanol–water partition coefficient (Wildman–Crippen LogP) is 2.05. The molecule has 1 aromatic carbocycles. The molecular weight excluding hydrogens is 268 g/mol. The number of para-hydroxylation sites is 1. The molecule has 0 saturated heterocycles. The summed E-state index contributed by atoms with van der Waals surface area (Å²) < 4.78 is 4.77. The molecule has 0 unspecified atom stereocenters. The van der Waals surface area contributed by atoms with Crippen LogP contribution in [0.1, 0.15) is 17.7 Å². The lowest BCUT2D eigenvalue weighted by atomic mass is 10.0. The van der Waals surface area contributed by atoms with Gasteiger partial charge in [-0.15, -0.1) is 0 Å². The van der Waals surface area contributed by atoms with Crippen molar-refractivity contribution in [1.82, 2.24) is 4.98 Å². The molecule has 5 nitrogen and oxygen atoms in total. The zero-order valence-electron chi connectivity index (χ0n) is 12.3. The zero-order valence-corrected chi connectivity index (χ0v) is 12.3. The van der Waals surface area contributed by atoms with Crippen LogP contribution in [-0.2, 0) is 16.0 Å². The first-order chi connectivity index (χ1) is 10.2. The minimum atomic E-state index is -0.291. The molecule has 0 spiro atoms. The number of pyridine rings is 1. The molecule has 2 aromatic rings. The van der Waals surface area contributed by atoms with E-state index in [1.54, 1.807) is 0 Å². The second-order valence-electron chi connectivity index (χ2n) is 4.82. The summed E-state index contributed by atoms with van der Waals surface area (Å²) in [7, 11) is 1.38. The number of aliphatic hydroxyl groups is 1. The standard InChI is InChI=1S/C16H20N2O3/c1-11-13(10-15(20)21-2)16(17-8-5-9-19)12-6-3-4-7-14(12)18-11/h3-4,6-7,19H,5,8-10H2,1-2H3,(H,17,18). The minimum Gasteiger partial charge on any atom is -0.469 e. The Balaban J connectivity index is 2.49. The fourth-order valence-corrected chi connectivity index (χ4v) is 2.30. The molecule has 0 aliphatic heterocycles. The van der Waals surface area contributed by atoms with Crippen molar-refractivity contribution in [3.63, 3.8) is 0 Å². The summed E-state index contributed by atoms with van der Waals surface area (Å²) in [5, 5.41) is 13.2. The van der Waals surface area contributed by atoms with Gasteiger partial charge in [0.05, 0.1) is 19.0 Å². The normalized spacial score (nSPS) is 10.6. The van der Waals surface area contributed by atoms with Gasteiger partial charge in [-0.25, -0.2) is 0 Å². The van der Waals surface area contributed by atoms with Crippen LogP contribution in [0.3, 0.4) is 0 Å². The van der Waals surface area contributed by atoms with Crippen LogP contribution in [0.5, 0.6) is 0 Å². The largest absolute Gasteiger partial charge is 0.469 e. The number of nitrogens with zero attached hydrogens (tertiary/aromatic N) is 1. The predicted molar refractivity (Wildman–Crippen MR) is 82.4 cm³/mol. The molecule has 2 rings (SSSR count). The molecule has 1 heterocycles. The van der Waals surface area contributed by atoms with Crippen LogP contribution in [0.25, 0.3) is 10.9 Å². The Morgan fingerprint density at radius 1 is 1.38 bits per heavy atom. The number of methoxy groups -OCH3 is 1. The van der Waals surface area contributed by atoms with Crippen molar-refractivity contribution in [2.45, 2.75) is 19.8 Å². The fraction of sp³-hybridized carbons (Fsp3) is 0.375. The van der Waals surface area contributed by atoms with Gasteiger partial charge < -0.3 is 15.2 Å². The van der Waals surface area contributed by atoms with E-state index >= 15 is 0 Å². The summed E-state index contributed by atoms with van der Waals surface area (Å²) in [6, 6.07) is 7.80. The number of carbonyl (C=O) groups is 1. The monoisotopic (exact) mass is 288 g/mol. The third-order valence-electron chi connectivity index (χ3n) is 3.39. The molecule has 0 saturated carbocycles. The summed E-state index contributed by atoms with van der Waals surface area (Å²) in [6.45, 7) is 2.65. The van der Waals surface area contributed by atoms with Gasteiger partial charge in [0.25, 0.3) is 0 Å². The average Bonchev–Trinajstić information content (AvgIpc) is 2.50. The van der Waals surface area contributed by atoms with E-state index in [-0.39, 0.29) is 19.0 Å². The van der Waals surface area contributed by atoms with Gasteiger partial charge in [0.1, 0.15) is 0 Å². The summed E-state index contributed by atoms with van der Waals surface area (Å²) in [5.41, 5.74) is 3.44. The lowest BCUT2D eigenvalue weighted by Crippen LogP contribution is -2.13. The van der Waals surface area contributed by atoms with Crippen molar-refractivity contribution in [3.05, 3.63) is 35.5 Å². The average molecular weight is 288 g/mol. The van der Waals surface area contributed by atoms with E-state index in [1.807, 2.05) is 31.2 Å². The molecule has 0 atom stereocenters. The first-order valence-electron chi connectivity index (χ1n) is 6.97. The number of anilines is 1. The fourth-order valence-electron chi connectivity index (χ4n) is 2.30. The van der Waals surface area contributed by atoms with E-state index in [4.69, 9.17) is 9.84 Å². The first-order valence-corrected chi connectivity index (χ1v) is 6.97. The van der Waals surface area contributed by atoms with Crippen molar-refractivity contribution in [2.24, 2.45) is 0 Å². The van der Waals surface area contributed by atoms with E-state index in [1.165, 1.54) is 7.11 Å². The Kier molecular flexibility index (Phi) is 5.11. The van der Waals surface area contributed by atoms with Crippen molar-refractivity contribution in [1.29, 1.82) is 0 Å². The van der Waals surface area contributed by atoms with Crippen molar-refractivity contribution in [3.8, 4) is 0 Å². The van der Waals surface area contributed by atoms with Gasteiger partial charge in [0, 0.05) is 35.5 Å². The molecule has 5 heteroatoms. The Labute approximate surface area is 124 Å². The number of esters is 1. The second-order valence-corrected chi connectivity index (χ2v) is 4.82. The van der Waals surface area contributed by atoms with E-state index in [0.717, 1.165) is 27.8 Å². The first kappa shape index (κ1) is 15.3. The number of fused-ring (bicyclic) bond motifs is 1. The van der Waals surface area contributed by atoms with Crippen LogP contribution in [0.2, 0.25) is 0 Å². The van der Waals surface area contributed by atoms with Gasteiger partial charge in [-0.3, -0.25) is 9.78 Å². The van der Waals surface area contributed by atoms with Crippen LogP contribution >= 0.6 is 0 Å². The molecule has 21 heavy (non-hydrogen) atoms. The third-order valence-corrected chi connectivity index (χ3v) is 3.39. The Hall–Kier alpha value is -2.14. The van der Waals surface area contributed by atoms with Crippen LogP contribution in [0.4, 0.5) is 5.69 Å². The maximum absolute atomic E-state index is 11.6. The van der Waals surface area contributed by atoms with E-state index in [2.05, 4.69) is 10.3 Å². The van der Waals surface area contributed by atoms with Crippen LogP contribution in [0, 0.1) is 6.92 Å². The lowest BCUT2D eigenvalue weighted by Gasteiger charge is -2.16. The summed E-state index contributed by atoms with van der Waals surface area (Å²) in [6.07, 6.45) is 0.828. The molecule has 0 amide bonds. The van der Waals surface area contributed by atoms with Crippen LogP contribution in [-0.4, -0.2) is 36.3 Å². The smallest absolute Gasteiger partial charge is 0.310 e. The van der Waals surface area contributed by atoms with Gasteiger partial charge in [-0.05, 0) is 19.4 Å². The second kappa shape index (κ2) is 7.04. The van der Waals surface area contributed by atoms with Crippen molar-refractivity contribution in [2.75, 3.05) is 25.6 Å². The highest BCUT2D eigenvalue weighted by atomic mass is 16.5. The Morgan fingerprint density at radius 2 is 2.14 bits per heavy atom. The number of nitrogens with one attached hydrogen (secondary N) is 1. The van der Waals surface area contributed by atoms with Gasteiger partial charge in [-0.1, -0.05) is 18.2 Å². The van der Waals surface area contributed by atoms with Gasteiger partial charge in [0.2, 0.25) is 0 Å². The Morgan fingerprint density at radius 3 is 2.86 bits per heavy atom. The Bertz CT molecular complexity index is 641. The van der Waals surface area contributed by atoms with Crippen LogP contribution in [0.15, 0.2) is 24.3 Å². The van der Waals surface area contributed by atoms with Gasteiger partial charge >= 0.3 is 5.97 Å². The summed E-state index contributed by atoms with van der Waals surface area (Å²) in [4.78, 5) is 16.2. The summed E-state index contributed by atoms with van der Waals surface area (Å²) >= 11 is 0. The maximum Gasteiger partial charge on any atom is 0.310 e. The van der Waals surface area contributed by atoms with Crippen molar-refractivity contribution >= 4 is 22.6 Å². The van der Waals surface area contributed by atoms with E-state index in [9.17, 15) is 4.79 Å². The highest BCUT2D eigenvalue weighted by molar-refractivity contribution is 5.94. The van der Waals surface area contributed by atoms with Crippen LogP contribution < -0.4 is 5.32 Å².